The highest BCUT2D eigenvalue weighted by molar-refractivity contribution is 5.80. The molecule has 0 aliphatic carbocycles. The lowest BCUT2D eigenvalue weighted by Crippen LogP contribution is -2.30. The zero-order valence-corrected chi connectivity index (χ0v) is 7.76. The number of nitriles is 1. The molecule has 0 fully saturated rings. The molecule has 12 heavy (non-hydrogen) atoms. The van der Waals surface area contributed by atoms with E-state index in [0.717, 1.165) is 12.8 Å². The summed E-state index contributed by atoms with van der Waals surface area (Å²) in [5.74, 6) is -0.602. The summed E-state index contributed by atoms with van der Waals surface area (Å²) < 4.78 is 0. The van der Waals surface area contributed by atoms with Crippen LogP contribution in [-0.4, -0.2) is 12.5 Å². The fourth-order valence-electron chi connectivity index (χ4n) is 0.847. The number of unbranched alkanes of at least 4 members (excludes halogenated alkanes) is 1. The van der Waals surface area contributed by atoms with E-state index in [-0.39, 0.29) is 5.91 Å². The van der Waals surface area contributed by atoms with Crippen LogP contribution in [0.1, 0.15) is 33.1 Å². The van der Waals surface area contributed by atoms with Crippen LogP contribution < -0.4 is 5.32 Å². The summed E-state index contributed by atoms with van der Waals surface area (Å²) >= 11 is 0. The van der Waals surface area contributed by atoms with Crippen molar-refractivity contribution in [3.05, 3.63) is 0 Å². The third-order valence-electron chi connectivity index (χ3n) is 1.71. The molecule has 3 heteroatoms. The van der Waals surface area contributed by atoms with Gasteiger partial charge in [-0.1, -0.05) is 20.3 Å². The molecule has 0 saturated carbocycles. The molecule has 0 aromatic rings. The highest BCUT2D eigenvalue weighted by Crippen LogP contribution is 1.99. The molecular weight excluding hydrogens is 152 g/mol. The van der Waals surface area contributed by atoms with Gasteiger partial charge in [0.2, 0.25) is 5.91 Å². The number of hydrogen-bond donors (Lipinski definition) is 1. The molecule has 3 nitrogen and oxygen atoms in total. The van der Waals surface area contributed by atoms with Gasteiger partial charge in [0.15, 0.2) is 0 Å². The maximum atomic E-state index is 11.1. The minimum atomic E-state index is -0.471. The van der Waals surface area contributed by atoms with Crippen molar-refractivity contribution in [2.24, 2.45) is 5.92 Å². The average molecular weight is 168 g/mol. The Morgan fingerprint density at radius 1 is 1.58 bits per heavy atom. The monoisotopic (exact) mass is 168 g/mol. The second-order valence-electron chi connectivity index (χ2n) is 2.73. The third-order valence-corrected chi connectivity index (χ3v) is 1.71. The number of hydrogen-bond acceptors (Lipinski definition) is 2. The molecule has 0 aromatic heterocycles. The number of nitrogens with one attached hydrogen (secondary N) is 1. The second kappa shape index (κ2) is 6.66. The molecular formula is C9H16N2O. The minimum absolute atomic E-state index is 0.131. The second-order valence-corrected chi connectivity index (χ2v) is 2.73. The van der Waals surface area contributed by atoms with E-state index in [1.165, 1.54) is 0 Å². The van der Waals surface area contributed by atoms with Crippen molar-refractivity contribution in [2.75, 3.05) is 6.54 Å². The summed E-state index contributed by atoms with van der Waals surface area (Å²) in [6.07, 6.45) is 2.63. The van der Waals surface area contributed by atoms with Gasteiger partial charge in [0, 0.05) is 6.54 Å². The van der Waals surface area contributed by atoms with E-state index in [1.807, 2.05) is 13.0 Å². The van der Waals surface area contributed by atoms with Crippen molar-refractivity contribution in [3.63, 3.8) is 0 Å². The number of carbonyl (C=O) groups is 1. The summed E-state index contributed by atoms with van der Waals surface area (Å²) in [5, 5.41) is 11.3. The molecule has 0 bridgehead atoms. The Bertz CT molecular complexity index is 172. The molecule has 0 spiro atoms. The summed E-state index contributed by atoms with van der Waals surface area (Å²) in [6, 6.07) is 1.97. The van der Waals surface area contributed by atoms with Crippen molar-refractivity contribution in [1.29, 1.82) is 5.26 Å². The van der Waals surface area contributed by atoms with Gasteiger partial charge in [-0.25, -0.2) is 0 Å². The molecule has 0 aliphatic heterocycles. The van der Waals surface area contributed by atoms with Gasteiger partial charge in [-0.3, -0.25) is 4.79 Å². The quantitative estimate of drug-likeness (QED) is 0.632. The third kappa shape index (κ3) is 3.97. The minimum Gasteiger partial charge on any atom is -0.355 e. The zero-order valence-electron chi connectivity index (χ0n) is 7.76. The highest BCUT2D eigenvalue weighted by atomic mass is 16.1. The fraction of sp³-hybridized carbons (Fsp3) is 0.778. The summed E-state index contributed by atoms with van der Waals surface area (Å²) in [7, 11) is 0. The van der Waals surface area contributed by atoms with Crippen molar-refractivity contribution in [2.45, 2.75) is 33.1 Å². The van der Waals surface area contributed by atoms with Crippen LogP contribution in [0.5, 0.6) is 0 Å². The first-order chi connectivity index (χ1) is 5.76. The molecule has 1 N–H and O–H groups in total. The summed E-state index contributed by atoms with van der Waals surface area (Å²) in [5.41, 5.74) is 0. The van der Waals surface area contributed by atoms with Crippen LogP contribution in [0, 0.1) is 17.2 Å². The Kier molecular flexibility index (Phi) is 6.08. The van der Waals surface area contributed by atoms with Crippen LogP contribution in [0.4, 0.5) is 0 Å². The number of carbonyl (C=O) groups excluding carboxylic acids is 1. The first kappa shape index (κ1) is 11.0. The SMILES string of the molecule is CCCCNC(=O)C(C#N)CC. The first-order valence-corrected chi connectivity index (χ1v) is 4.43. The van der Waals surface area contributed by atoms with Crippen LogP contribution in [0.3, 0.4) is 0 Å². The standard InChI is InChI=1S/C9H16N2O/c1-3-5-6-11-9(12)8(4-2)7-10/h8H,3-6H2,1-2H3,(H,11,12). The van der Waals surface area contributed by atoms with Crippen molar-refractivity contribution >= 4 is 5.91 Å². The van der Waals surface area contributed by atoms with Crippen molar-refractivity contribution in [1.82, 2.24) is 5.32 Å². The van der Waals surface area contributed by atoms with E-state index in [2.05, 4.69) is 12.2 Å². The van der Waals surface area contributed by atoms with Crippen molar-refractivity contribution < 1.29 is 4.79 Å². The molecule has 0 rings (SSSR count). The lowest BCUT2D eigenvalue weighted by molar-refractivity contribution is -0.123. The van der Waals surface area contributed by atoms with Crippen LogP contribution >= 0.6 is 0 Å². The number of nitrogens with zero attached hydrogens (tertiary/aromatic N) is 1. The largest absolute Gasteiger partial charge is 0.355 e. The Morgan fingerprint density at radius 2 is 2.25 bits per heavy atom. The van der Waals surface area contributed by atoms with Gasteiger partial charge in [-0.2, -0.15) is 5.26 Å². The van der Waals surface area contributed by atoms with E-state index in [9.17, 15) is 4.79 Å². The van der Waals surface area contributed by atoms with Gasteiger partial charge >= 0.3 is 0 Å². The van der Waals surface area contributed by atoms with E-state index in [0.29, 0.717) is 13.0 Å². The topological polar surface area (TPSA) is 52.9 Å². The molecule has 0 radical (unpaired) electrons. The smallest absolute Gasteiger partial charge is 0.237 e. The normalized spacial score (nSPS) is 11.8. The van der Waals surface area contributed by atoms with E-state index in [1.54, 1.807) is 0 Å². The Balaban J connectivity index is 3.64. The maximum absolute atomic E-state index is 11.1. The van der Waals surface area contributed by atoms with Crippen LogP contribution in [0.25, 0.3) is 0 Å². The molecule has 1 amide bonds. The van der Waals surface area contributed by atoms with Crippen LogP contribution in [0.2, 0.25) is 0 Å². The zero-order chi connectivity index (χ0) is 9.40. The molecule has 1 unspecified atom stereocenters. The van der Waals surface area contributed by atoms with Gasteiger partial charge in [0.05, 0.1) is 6.07 Å². The van der Waals surface area contributed by atoms with E-state index >= 15 is 0 Å². The van der Waals surface area contributed by atoms with E-state index in [4.69, 9.17) is 5.26 Å². The predicted molar refractivity (Wildman–Crippen MR) is 47.3 cm³/mol. The molecule has 0 aliphatic rings. The van der Waals surface area contributed by atoms with E-state index < -0.39 is 5.92 Å². The predicted octanol–water partition coefficient (Wildman–Crippen LogP) is 1.45. The lowest BCUT2D eigenvalue weighted by atomic mass is 10.1. The summed E-state index contributed by atoms with van der Waals surface area (Å²) in [4.78, 5) is 11.1. The van der Waals surface area contributed by atoms with Crippen LogP contribution in [-0.2, 0) is 4.79 Å². The first-order valence-electron chi connectivity index (χ1n) is 4.43. The van der Waals surface area contributed by atoms with Crippen molar-refractivity contribution in [3.8, 4) is 6.07 Å². The lowest BCUT2D eigenvalue weighted by Gasteiger charge is -2.06. The molecule has 0 saturated heterocycles. The molecule has 0 heterocycles. The fourth-order valence-corrected chi connectivity index (χ4v) is 0.847. The van der Waals surface area contributed by atoms with Crippen LogP contribution in [0.15, 0.2) is 0 Å². The highest BCUT2D eigenvalue weighted by Gasteiger charge is 2.13. The van der Waals surface area contributed by atoms with Gasteiger partial charge in [-0.05, 0) is 12.8 Å². The maximum Gasteiger partial charge on any atom is 0.237 e. The molecule has 0 aromatic carbocycles. The Labute approximate surface area is 73.8 Å². The van der Waals surface area contributed by atoms with Gasteiger partial charge in [-0.15, -0.1) is 0 Å². The number of rotatable bonds is 5. The molecule has 68 valence electrons. The molecule has 1 atom stereocenters. The summed E-state index contributed by atoms with van der Waals surface area (Å²) in [6.45, 7) is 4.59. The van der Waals surface area contributed by atoms with Gasteiger partial charge < -0.3 is 5.32 Å². The number of amides is 1. The van der Waals surface area contributed by atoms with Gasteiger partial charge in [0.25, 0.3) is 0 Å². The Hall–Kier alpha value is -1.04. The Morgan fingerprint density at radius 3 is 2.67 bits per heavy atom. The average Bonchev–Trinajstić information content (AvgIpc) is 2.07. The van der Waals surface area contributed by atoms with Gasteiger partial charge in [0.1, 0.15) is 5.92 Å².